The standard InChI is InChI=1S/C13H12FN3O2/c1-8-11(12(18)19)7-15-13(16-8)17(2)10-5-3-9(14)4-6-10/h3-7H,1-2H3,(H,18,19). The Morgan fingerprint density at radius 3 is 2.47 bits per heavy atom. The van der Waals surface area contributed by atoms with Crippen LogP contribution in [0.1, 0.15) is 16.1 Å². The van der Waals surface area contributed by atoms with Crippen molar-refractivity contribution in [2.75, 3.05) is 11.9 Å². The van der Waals surface area contributed by atoms with Gasteiger partial charge in [-0.05, 0) is 31.2 Å². The van der Waals surface area contributed by atoms with Crippen molar-refractivity contribution >= 4 is 17.6 Å². The SMILES string of the molecule is Cc1nc(N(C)c2ccc(F)cc2)ncc1C(=O)O. The molecule has 1 N–H and O–H groups in total. The summed E-state index contributed by atoms with van der Waals surface area (Å²) in [5.41, 5.74) is 1.16. The van der Waals surface area contributed by atoms with Gasteiger partial charge in [-0.3, -0.25) is 0 Å². The lowest BCUT2D eigenvalue weighted by Crippen LogP contribution is -2.15. The third-order valence-electron chi connectivity index (χ3n) is 2.71. The summed E-state index contributed by atoms with van der Waals surface area (Å²) in [6, 6.07) is 5.87. The van der Waals surface area contributed by atoms with E-state index in [4.69, 9.17) is 5.11 Å². The summed E-state index contributed by atoms with van der Waals surface area (Å²) in [4.78, 5) is 20.7. The molecule has 0 aliphatic heterocycles. The molecule has 1 aromatic carbocycles. The van der Waals surface area contributed by atoms with E-state index in [9.17, 15) is 9.18 Å². The van der Waals surface area contributed by atoms with Gasteiger partial charge in [0.2, 0.25) is 5.95 Å². The number of hydrogen-bond donors (Lipinski definition) is 1. The molecule has 0 radical (unpaired) electrons. The second-order valence-electron chi connectivity index (χ2n) is 4.01. The van der Waals surface area contributed by atoms with Gasteiger partial charge < -0.3 is 10.0 Å². The lowest BCUT2D eigenvalue weighted by molar-refractivity contribution is 0.0695. The Morgan fingerprint density at radius 2 is 1.95 bits per heavy atom. The maximum absolute atomic E-state index is 12.8. The van der Waals surface area contributed by atoms with E-state index in [0.717, 1.165) is 0 Å². The summed E-state index contributed by atoms with van der Waals surface area (Å²) in [7, 11) is 1.72. The Hall–Kier alpha value is -2.50. The molecule has 6 heteroatoms. The highest BCUT2D eigenvalue weighted by atomic mass is 19.1. The zero-order valence-corrected chi connectivity index (χ0v) is 10.5. The summed E-state index contributed by atoms with van der Waals surface area (Å²) in [6.07, 6.45) is 1.26. The number of nitrogens with zero attached hydrogens (tertiary/aromatic N) is 3. The first kappa shape index (κ1) is 12.9. The number of hydrogen-bond acceptors (Lipinski definition) is 4. The molecular formula is C13H12FN3O2. The fraction of sp³-hybridized carbons (Fsp3) is 0.154. The third kappa shape index (κ3) is 2.67. The number of carboxylic acid groups (broad SMARTS) is 1. The van der Waals surface area contributed by atoms with Crippen molar-refractivity contribution in [3.05, 3.63) is 47.5 Å². The average Bonchev–Trinajstić information content (AvgIpc) is 2.38. The van der Waals surface area contributed by atoms with Crippen molar-refractivity contribution < 1.29 is 14.3 Å². The molecule has 0 aliphatic rings. The van der Waals surface area contributed by atoms with Crippen molar-refractivity contribution in [1.82, 2.24) is 9.97 Å². The number of halogens is 1. The van der Waals surface area contributed by atoms with Gasteiger partial charge in [-0.2, -0.15) is 0 Å². The van der Waals surface area contributed by atoms with Crippen molar-refractivity contribution in [2.45, 2.75) is 6.92 Å². The smallest absolute Gasteiger partial charge is 0.339 e. The molecule has 0 fully saturated rings. The van der Waals surface area contributed by atoms with Crippen LogP contribution >= 0.6 is 0 Å². The Labute approximate surface area is 109 Å². The van der Waals surface area contributed by atoms with Crippen LogP contribution in [0.15, 0.2) is 30.5 Å². The van der Waals surface area contributed by atoms with E-state index >= 15 is 0 Å². The molecule has 1 heterocycles. The van der Waals surface area contributed by atoms with Gasteiger partial charge in [-0.25, -0.2) is 19.2 Å². The molecule has 0 unspecified atom stereocenters. The number of aromatic carboxylic acids is 1. The van der Waals surface area contributed by atoms with Crippen molar-refractivity contribution in [2.24, 2.45) is 0 Å². The van der Waals surface area contributed by atoms with Crippen LogP contribution in [0.25, 0.3) is 0 Å². The van der Waals surface area contributed by atoms with E-state index in [1.165, 1.54) is 18.3 Å². The predicted molar refractivity (Wildman–Crippen MR) is 68.2 cm³/mol. The van der Waals surface area contributed by atoms with Gasteiger partial charge in [0.25, 0.3) is 0 Å². The van der Waals surface area contributed by atoms with Gasteiger partial charge in [-0.1, -0.05) is 0 Å². The van der Waals surface area contributed by atoms with Crippen LogP contribution in [-0.4, -0.2) is 28.1 Å². The molecular weight excluding hydrogens is 249 g/mol. The number of aryl methyl sites for hydroxylation is 1. The number of rotatable bonds is 3. The van der Waals surface area contributed by atoms with Gasteiger partial charge in [0.1, 0.15) is 5.82 Å². The van der Waals surface area contributed by atoms with Crippen molar-refractivity contribution in [3.8, 4) is 0 Å². The monoisotopic (exact) mass is 261 g/mol. The molecule has 0 bridgehead atoms. The van der Waals surface area contributed by atoms with E-state index in [2.05, 4.69) is 9.97 Å². The molecule has 0 aliphatic carbocycles. The molecule has 98 valence electrons. The van der Waals surface area contributed by atoms with Crippen LogP contribution in [-0.2, 0) is 0 Å². The number of carbonyl (C=O) groups is 1. The number of benzene rings is 1. The van der Waals surface area contributed by atoms with Crippen LogP contribution in [0.3, 0.4) is 0 Å². The first-order valence-electron chi connectivity index (χ1n) is 5.55. The molecule has 2 rings (SSSR count). The lowest BCUT2D eigenvalue weighted by Gasteiger charge is -2.17. The Kier molecular flexibility index (Phi) is 3.41. The molecule has 0 saturated carbocycles. The predicted octanol–water partition coefficient (Wildman–Crippen LogP) is 2.39. The van der Waals surface area contributed by atoms with Crippen LogP contribution in [0, 0.1) is 12.7 Å². The van der Waals surface area contributed by atoms with Crippen molar-refractivity contribution in [1.29, 1.82) is 0 Å². The summed E-state index contributed by atoms with van der Waals surface area (Å²) < 4.78 is 12.8. The second-order valence-corrected chi connectivity index (χ2v) is 4.01. The van der Waals surface area contributed by atoms with Gasteiger partial charge >= 0.3 is 5.97 Å². The summed E-state index contributed by atoms with van der Waals surface area (Å²) in [5, 5.41) is 8.91. The highest BCUT2D eigenvalue weighted by Crippen LogP contribution is 2.20. The number of anilines is 2. The van der Waals surface area contributed by atoms with Crippen LogP contribution < -0.4 is 4.90 Å². The minimum Gasteiger partial charge on any atom is -0.478 e. The van der Waals surface area contributed by atoms with E-state index in [1.807, 2.05) is 0 Å². The average molecular weight is 261 g/mol. The van der Waals surface area contributed by atoms with E-state index in [0.29, 0.717) is 17.3 Å². The van der Waals surface area contributed by atoms with Crippen LogP contribution in [0.5, 0.6) is 0 Å². The molecule has 19 heavy (non-hydrogen) atoms. The molecule has 0 atom stereocenters. The fourth-order valence-corrected chi connectivity index (χ4v) is 1.61. The maximum atomic E-state index is 12.8. The van der Waals surface area contributed by atoms with Crippen molar-refractivity contribution in [3.63, 3.8) is 0 Å². The van der Waals surface area contributed by atoms with E-state index < -0.39 is 5.97 Å². The van der Waals surface area contributed by atoms with Crippen LogP contribution in [0.4, 0.5) is 16.0 Å². The quantitative estimate of drug-likeness (QED) is 0.918. The van der Waals surface area contributed by atoms with Gasteiger partial charge in [0.05, 0.1) is 11.3 Å². The van der Waals surface area contributed by atoms with Gasteiger partial charge in [-0.15, -0.1) is 0 Å². The largest absolute Gasteiger partial charge is 0.478 e. The van der Waals surface area contributed by atoms with Gasteiger partial charge in [0.15, 0.2) is 0 Å². The summed E-state index contributed by atoms with van der Waals surface area (Å²) in [5.74, 6) is -1.03. The summed E-state index contributed by atoms with van der Waals surface area (Å²) >= 11 is 0. The second kappa shape index (κ2) is 5.01. The topological polar surface area (TPSA) is 66.3 Å². The maximum Gasteiger partial charge on any atom is 0.339 e. The van der Waals surface area contributed by atoms with E-state index in [-0.39, 0.29) is 11.4 Å². The normalized spacial score (nSPS) is 10.3. The van der Waals surface area contributed by atoms with E-state index in [1.54, 1.807) is 31.0 Å². The van der Waals surface area contributed by atoms with Crippen LogP contribution in [0.2, 0.25) is 0 Å². The fourth-order valence-electron chi connectivity index (χ4n) is 1.61. The minimum atomic E-state index is -1.06. The third-order valence-corrected chi connectivity index (χ3v) is 2.71. The zero-order valence-electron chi connectivity index (χ0n) is 10.5. The molecule has 0 saturated heterocycles. The Morgan fingerprint density at radius 1 is 1.32 bits per heavy atom. The first-order valence-corrected chi connectivity index (χ1v) is 5.55. The molecule has 0 amide bonds. The highest BCUT2D eigenvalue weighted by Gasteiger charge is 2.13. The number of aromatic nitrogens is 2. The molecule has 5 nitrogen and oxygen atoms in total. The highest BCUT2D eigenvalue weighted by molar-refractivity contribution is 5.88. The Balaban J connectivity index is 2.34. The summed E-state index contributed by atoms with van der Waals surface area (Å²) in [6.45, 7) is 1.60. The molecule has 0 spiro atoms. The zero-order chi connectivity index (χ0) is 14.0. The Bertz CT molecular complexity index is 614. The molecule has 1 aromatic heterocycles. The number of carboxylic acids is 1. The van der Waals surface area contributed by atoms with Gasteiger partial charge in [0, 0.05) is 18.9 Å². The lowest BCUT2D eigenvalue weighted by atomic mass is 10.2. The first-order chi connectivity index (χ1) is 8.99. The minimum absolute atomic E-state index is 0.0660. The molecule has 2 aromatic rings.